The highest BCUT2D eigenvalue weighted by molar-refractivity contribution is 6.45. The van der Waals surface area contributed by atoms with Crippen molar-refractivity contribution in [3.63, 3.8) is 0 Å². The molecule has 41 heavy (non-hydrogen) atoms. The summed E-state index contributed by atoms with van der Waals surface area (Å²) in [7, 11) is -0.395. The molecule has 3 amide bonds. The van der Waals surface area contributed by atoms with Crippen LogP contribution < -0.4 is 5.32 Å². The molecule has 7 nitrogen and oxygen atoms in total. The minimum absolute atomic E-state index is 0.0167. The van der Waals surface area contributed by atoms with E-state index in [0.717, 1.165) is 37.8 Å². The quantitative estimate of drug-likeness (QED) is 0.238. The molecular weight excluding hydrogens is 513 g/mol. The maximum absolute atomic E-state index is 13.9. The van der Waals surface area contributed by atoms with Crippen molar-refractivity contribution in [3.8, 4) is 0 Å². The van der Waals surface area contributed by atoms with Crippen LogP contribution in [0, 0.1) is 16.2 Å². The van der Waals surface area contributed by atoms with E-state index in [-0.39, 0.29) is 29.6 Å². The minimum atomic E-state index is -0.435. The van der Waals surface area contributed by atoms with E-state index in [1.54, 1.807) is 4.90 Å². The largest absolute Gasteiger partial charge is 0.478 e. The zero-order chi connectivity index (χ0) is 28.7. The summed E-state index contributed by atoms with van der Waals surface area (Å²) in [6, 6.07) is 9.75. The third-order valence-electron chi connectivity index (χ3n) is 11.7. The minimum Gasteiger partial charge on any atom is -0.405 e. The fourth-order valence-corrected chi connectivity index (χ4v) is 9.04. The number of carbonyl (C=O) groups excluding carboxylic acids is 2. The summed E-state index contributed by atoms with van der Waals surface area (Å²) in [5, 5.41) is 3.10. The molecule has 8 heteroatoms. The second-order valence-electron chi connectivity index (χ2n) is 14.2. The van der Waals surface area contributed by atoms with E-state index < -0.39 is 13.2 Å². The smallest absolute Gasteiger partial charge is 0.405 e. The first-order chi connectivity index (χ1) is 19.8. The van der Waals surface area contributed by atoms with Crippen LogP contribution in [-0.4, -0.2) is 66.6 Å². The third-order valence-corrected chi connectivity index (χ3v) is 11.7. The Kier molecular flexibility index (Phi) is 8.18. The molecule has 8 aliphatic rings. The van der Waals surface area contributed by atoms with Crippen molar-refractivity contribution >= 4 is 19.1 Å². The van der Waals surface area contributed by atoms with Gasteiger partial charge in [-0.1, -0.05) is 89.6 Å². The van der Waals surface area contributed by atoms with Crippen LogP contribution >= 0.6 is 0 Å². The van der Waals surface area contributed by atoms with E-state index in [0.29, 0.717) is 36.8 Å². The molecule has 1 N–H and O–H groups in total. The number of amides is 3. The summed E-state index contributed by atoms with van der Waals surface area (Å²) >= 11 is 0. The summed E-state index contributed by atoms with van der Waals surface area (Å²) in [4.78, 5) is 31.0. The van der Waals surface area contributed by atoms with Crippen LogP contribution in [0.3, 0.4) is 0 Å². The number of likely N-dealkylation sites (tertiary alicyclic amines) is 1. The van der Waals surface area contributed by atoms with E-state index in [9.17, 15) is 9.59 Å². The molecule has 6 aliphatic carbocycles. The molecule has 2 aliphatic heterocycles. The number of hydrogen-bond acceptors (Lipinski definition) is 4. The van der Waals surface area contributed by atoms with E-state index in [1.807, 2.05) is 23.1 Å². The first kappa shape index (κ1) is 29.0. The Balaban J connectivity index is 1.02. The molecule has 9 rings (SSSR count). The second-order valence-corrected chi connectivity index (χ2v) is 14.2. The Bertz CT molecular complexity index is 1090. The molecule has 2 bridgehead atoms. The number of unbranched alkanes of at least 4 members (excludes halogenated alkanes) is 6. The van der Waals surface area contributed by atoms with Crippen LogP contribution in [0.15, 0.2) is 30.3 Å². The molecule has 2 saturated heterocycles. The molecule has 3 atom stereocenters. The van der Waals surface area contributed by atoms with Crippen molar-refractivity contribution in [2.75, 3.05) is 19.5 Å². The predicted molar refractivity (Wildman–Crippen MR) is 161 cm³/mol. The summed E-state index contributed by atoms with van der Waals surface area (Å²) in [5.74, 6) is -0.0841. The lowest BCUT2D eigenvalue weighted by atomic mass is 9.17. The second kappa shape index (κ2) is 11.6. The SMILES string of the molecule is CCCCCCCCCN(Cc1ccccc1)C(=O)N1CCCC1C(=O)NCB1OC2CC34CC(C3)(C2O1)C4(C)C. The molecule has 224 valence electrons. The lowest BCUT2D eigenvalue weighted by Crippen LogP contribution is -2.84. The zero-order valence-corrected chi connectivity index (χ0v) is 25.5. The van der Waals surface area contributed by atoms with Crippen LogP contribution in [-0.2, 0) is 20.6 Å². The van der Waals surface area contributed by atoms with Gasteiger partial charge in [0.05, 0.1) is 18.7 Å². The van der Waals surface area contributed by atoms with Gasteiger partial charge < -0.3 is 24.4 Å². The molecule has 0 spiro atoms. The number of carbonyl (C=O) groups is 2. The van der Waals surface area contributed by atoms with Crippen LogP contribution in [0.2, 0.25) is 0 Å². The Hall–Kier alpha value is -2.06. The number of hydrogen-bond donors (Lipinski definition) is 1. The number of nitrogens with zero attached hydrogens (tertiary/aromatic N) is 2. The lowest BCUT2D eigenvalue weighted by molar-refractivity contribution is -0.406. The summed E-state index contributed by atoms with van der Waals surface area (Å²) < 4.78 is 12.7. The average molecular weight is 564 g/mol. The van der Waals surface area contributed by atoms with Gasteiger partial charge >= 0.3 is 13.1 Å². The first-order valence-corrected chi connectivity index (χ1v) is 16.5. The Morgan fingerprint density at radius 3 is 2.51 bits per heavy atom. The fraction of sp³-hybridized carbons (Fsp3) is 0.758. The maximum atomic E-state index is 13.9. The van der Waals surface area contributed by atoms with Crippen molar-refractivity contribution in [3.05, 3.63) is 35.9 Å². The average Bonchev–Trinajstić information content (AvgIpc) is 3.62. The van der Waals surface area contributed by atoms with Crippen LogP contribution in [0.25, 0.3) is 0 Å². The van der Waals surface area contributed by atoms with Gasteiger partial charge in [-0.05, 0) is 54.9 Å². The predicted octanol–water partition coefficient (Wildman–Crippen LogP) is 5.96. The van der Waals surface area contributed by atoms with E-state index in [1.165, 1.54) is 44.9 Å². The van der Waals surface area contributed by atoms with Crippen molar-refractivity contribution in [2.45, 2.75) is 123 Å². The summed E-state index contributed by atoms with van der Waals surface area (Å²) in [6.45, 7) is 8.96. The maximum Gasteiger partial charge on any atom is 0.478 e. The van der Waals surface area contributed by atoms with Gasteiger partial charge in [-0.2, -0.15) is 0 Å². The topological polar surface area (TPSA) is 71.1 Å². The van der Waals surface area contributed by atoms with Crippen molar-refractivity contribution < 1.29 is 18.9 Å². The third kappa shape index (κ3) is 5.01. The van der Waals surface area contributed by atoms with Gasteiger partial charge in [0.2, 0.25) is 5.91 Å². The standard InChI is InChI=1S/C33H50BN3O4/c1-4-5-6-7-8-9-13-18-36(21-25-15-11-10-12-16-25)30(39)37-19-14-17-26(37)29(38)35-24-34-40-27-20-32-22-33(23-32,28(27)41-34)31(32,2)3/h10-12,15-16,26-28H,4-9,13-14,17-24H2,1-3H3,(H,35,38). The zero-order valence-electron chi connectivity index (χ0n) is 25.5. The van der Waals surface area contributed by atoms with Gasteiger partial charge in [-0.15, -0.1) is 0 Å². The van der Waals surface area contributed by atoms with Gasteiger partial charge in [0.15, 0.2) is 0 Å². The Morgan fingerprint density at radius 1 is 1.05 bits per heavy atom. The molecule has 6 saturated carbocycles. The van der Waals surface area contributed by atoms with E-state index in [4.69, 9.17) is 9.31 Å². The number of urea groups is 1. The molecule has 3 unspecified atom stereocenters. The highest BCUT2D eigenvalue weighted by atomic mass is 16.7. The van der Waals surface area contributed by atoms with Crippen LogP contribution in [0.5, 0.6) is 0 Å². The Morgan fingerprint density at radius 2 is 1.78 bits per heavy atom. The molecule has 0 aromatic heterocycles. The molecule has 8 fully saturated rings. The number of nitrogens with one attached hydrogen (secondary N) is 1. The van der Waals surface area contributed by atoms with Crippen LogP contribution in [0.4, 0.5) is 4.79 Å². The van der Waals surface area contributed by atoms with Gasteiger partial charge in [0.1, 0.15) is 6.04 Å². The van der Waals surface area contributed by atoms with Crippen molar-refractivity contribution in [1.29, 1.82) is 0 Å². The fourth-order valence-electron chi connectivity index (χ4n) is 9.04. The molecule has 1 aromatic rings. The molecular formula is C33H50BN3O4. The first-order valence-electron chi connectivity index (χ1n) is 16.5. The number of benzene rings is 1. The van der Waals surface area contributed by atoms with Gasteiger partial charge in [-0.25, -0.2) is 4.79 Å². The number of rotatable bonds is 13. The van der Waals surface area contributed by atoms with E-state index >= 15 is 0 Å². The van der Waals surface area contributed by atoms with Crippen LogP contribution in [0.1, 0.15) is 103 Å². The molecule has 1 aromatic carbocycles. The normalized spacial score (nSPS) is 32.2. The highest BCUT2D eigenvalue weighted by Crippen LogP contribution is 2.90. The van der Waals surface area contributed by atoms with Gasteiger partial charge in [-0.3, -0.25) is 4.79 Å². The van der Waals surface area contributed by atoms with Gasteiger partial charge in [0.25, 0.3) is 0 Å². The highest BCUT2D eigenvalue weighted by Gasteiger charge is 2.87. The van der Waals surface area contributed by atoms with Crippen molar-refractivity contribution in [2.24, 2.45) is 16.2 Å². The summed E-state index contributed by atoms with van der Waals surface area (Å²) in [6.07, 6.45) is 14.3. The Labute approximate surface area is 247 Å². The van der Waals surface area contributed by atoms with Gasteiger partial charge in [0, 0.05) is 25.0 Å². The summed E-state index contributed by atoms with van der Waals surface area (Å²) in [5.41, 5.74) is 2.18. The van der Waals surface area contributed by atoms with E-state index in [2.05, 4.69) is 38.2 Å². The molecule has 2 heterocycles. The van der Waals surface area contributed by atoms with Crippen molar-refractivity contribution in [1.82, 2.24) is 15.1 Å². The molecule has 0 radical (unpaired) electrons. The monoisotopic (exact) mass is 563 g/mol. The lowest BCUT2D eigenvalue weighted by Gasteiger charge is -2.87.